The van der Waals surface area contributed by atoms with Crippen molar-refractivity contribution >= 4 is 23.1 Å². The minimum atomic E-state index is -0.0800. The standard InChI is InChI=1S/C15H17ClN4O/c16-12-2-1-3-14(8-12)19-4-6-20(7-5-19)15-10-17-9-13(11-21)18-15/h1-3,8-10,21H,4-7,11H2. The average Bonchev–Trinajstić information content (AvgIpc) is 2.55. The van der Waals surface area contributed by atoms with E-state index in [1.54, 1.807) is 12.4 Å². The summed E-state index contributed by atoms with van der Waals surface area (Å²) in [7, 11) is 0. The molecule has 2 heterocycles. The van der Waals surface area contributed by atoms with Crippen molar-refractivity contribution in [1.82, 2.24) is 9.97 Å². The van der Waals surface area contributed by atoms with Crippen LogP contribution in [0.3, 0.4) is 0 Å². The molecule has 0 radical (unpaired) electrons. The molecule has 0 amide bonds. The van der Waals surface area contributed by atoms with Crippen LogP contribution < -0.4 is 9.80 Å². The van der Waals surface area contributed by atoms with Crippen LogP contribution in [0, 0.1) is 0 Å². The number of benzene rings is 1. The number of hydrogen-bond donors (Lipinski definition) is 1. The van der Waals surface area contributed by atoms with Gasteiger partial charge < -0.3 is 14.9 Å². The highest BCUT2D eigenvalue weighted by molar-refractivity contribution is 6.30. The van der Waals surface area contributed by atoms with E-state index >= 15 is 0 Å². The molecule has 0 unspecified atom stereocenters. The average molecular weight is 305 g/mol. The number of anilines is 2. The first-order valence-electron chi connectivity index (χ1n) is 6.93. The van der Waals surface area contributed by atoms with Crippen LogP contribution in [0.15, 0.2) is 36.7 Å². The number of aliphatic hydroxyl groups is 1. The van der Waals surface area contributed by atoms with Gasteiger partial charge in [-0.05, 0) is 18.2 Å². The molecule has 1 fully saturated rings. The first-order valence-corrected chi connectivity index (χ1v) is 7.31. The van der Waals surface area contributed by atoms with Crippen molar-refractivity contribution in [3.63, 3.8) is 0 Å². The highest BCUT2D eigenvalue weighted by atomic mass is 35.5. The maximum Gasteiger partial charge on any atom is 0.147 e. The number of nitrogens with zero attached hydrogens (tertiary/aromatic N) is 4. The van der Waals surface area contributed by atoms with E-state index in [4.69, 9.17) is 16.7 Å². The number of hydrogen-bond acceptors (Lipinski definition) is 5. The van der Waals surface area contributed by atoms with Crippen molar-refractivity contribution in [1.29, 1.82) is 0 Å². The van der Waals surface area contributed by atoms with Gasteiger partial charge in [0.2, 0.25) is 0 Å². The van der Waals surface area contributed by atoms with E-state index in [9.17, 15) is 0 Å². The lowest BCUT2D eigenvalue weighted by molar-refractivity contribution is 0.276. The summed E-state index contributed by atoms with van der Waals surface area (Å²) in [6.07, 6.45) is 3.33. The van der Waals surface area contributed by atoms with Gasteiger partial charge in [0, 0.05) is 36.9 Å². The molecule has 1 aliphatic rings. The number of aliphatic hydroxyl groups excluding tert-OH is 1. The SMILES string of the molecule is OCc1cncc(N2CCN(c3cccc(Cl)c3)CC2)n1. The van der Waals surface area contributed by atoms with Crippen molar-refractivity contribution < 1.29 is 5.11 Å². The third-order valence-electron chi connectivity index (χ3n) is 3.61. The molecule has 5 nitrogen and oxygen atoms in total. The predicted molar refractivity (Wildman–Crippen MR) is 83.8 cm³/mol. The second-order valence-electron chi connectivity index (χ2n) is 4.98. The van der Waals surface area contributed by atoms with Crippen LogP contribution in [-0.4, -0.2) is 41.3 Å². The summed E-state index contributed by atoms with van der Waals surface area (Å²) >= 11 is 6.04. The topological polar surface area (TPSA) is 52.5 Å². The molecule has 21 heavy (non-hydrogen) atoms. The van der Waals surface area contributed by atoms with Gasteiger partial charge in [-0.25, -0.2) is 4.98 Å². The lowest BCUT2D eigenvalue weighted by Crippen LogP contribution is -2.46. The zero-order valence-electron chi connectivity index (χ0n) is 11.6. The van der Waals surface area contributed by atoms with E-state index in [1.165, 1.54) is 0 Å². The molecule has 1 aromatic carbocycles. The van der Waals surface area contributed by atoms with Gasteiger partial charge in [0.05, 0.1) is 24.7 Å². The first kappa shape index (κ1) is 14.1. The summed E-state index contributed by atoms with van der Waals surface area (Å²) in [5.41, 5.74) is 1.75. The van der Waals surface area contributed by atoms with E-state index in [0.29, 0.717) is 5.69 Å². The molecule has 1 N–H and O–H groups in total. The Morgan fingerprint density at radius 3 is 2.57 bits per heavy atom. The summed E-state index contributed by atoms with van der Waals surface area (Å²) in [6, 6.07) is 7.93. The molecule has 1 aliphatic heterocycles. The molecule has 0 spiro atoms. The Bertz CT molecular complexity index is 614. The van der Waals surface area contributed by atoms with Crippen molar-refractivity contribution in [2.24, 2.45) is 0 Å². The zero-order valence-corrected chi connectivity index (χ0v) is 12.4. The highest BCUT2D eigenvalue weighted by Crippen LogP contribution is 2.22. The minimum absolute atomic E-state index is 0.0800. The second kappa shape index (κ2) is 6.28. The van der Waals surface area contributed by atoms with Gasteiger partial charge in [-0.15, -0.1) is 0 Å². The molecule has 110 valence electrons. The van der Waals surface area contributed by atoms with E-state index in [0.717, 1.165) is 42.7 Å². The van der Waals surface area contributed by atoms with Crippen molar-refractivity contribution in [3.05, 3.63) is 47.4 Å². The Labute approximate surface area is 128 Å². The van der Waals surface area contributed by atoms with Gasteiger partial charge in [0.15, 0.2) is 0 Å². The lowest BCUT2D eigenvalue weighted by atomic mass is 10.2. The van der Waals surface area contributed by atoms with Crippen LogP contribution in [0.25, 0.3) is 0 Å². The van der Waals surface area contributed by atoms with Gasteiger partial charge in [0.25, 0.3) is 0 Å². The summed E-state index contributed by atoms with van der Waals surface area (Å²) in [4.78, 5) is 13.0. The van der Waals surface area contributed by atoms with Gasteiger partial charge in [-0.2, -0.15) is 0 Å². The van der Waals surface area contributed by atoms with Gasteiger partial charge in [-0.3, -0.25) is 4.98 Å². The monoisotopic (exact) mass is 304 g/mol. The Balaban J connectivity index is 1.67. The first-order chi connectivity index (χ1) is 10.3. The van der Waals surface area contributed by atoms with Gasteiger partial charge >= 0.3 is 0 Å². The quantitative estimate of drug-likeness (QED) is 0.939. The molecule has 6 heteroatoms. The molecular formula is C15H17ClN4O. The van der Waals surface area contributed by atoms with Crippen molar-refractivity contribution in [2.75, 3.05) is 36.0 Å². The fourth-order valence-electron chi connectivity index (χ4n) is 2.49. The lowest BCUT2D eigenvalue weighted by Gasteiger charge is -2.36. The van der Waals surface area contributed by atoms with E-state index in [1.807, 2.05) is 18.2 Å². The van der Waals surface area contributed by atoms with Crippen LogP contribution in [0.4, 0.5) is 11.5 Å². The van der Waals surface area contributed by atoms with Crippen LogP contribution in [-0.2, 0) is 6.61 Å². The van der Waals surface area contributed by atoms with Crippen LogP contribution in [0.1, 0.15) is 5.69 Å². The molecule has 0 atom stereocenters. The summed E-state index contributed by atoms with van der Waals surface area (Å²) < 4.78 is 0. The third kappa shape index (κ3) is 3.25. The molecular weight excluding hydrogens is 288 g/mol. The van der Waals surface area contributed by atoms with Gasteiger partial charge in [0.1, 0.15) is 5.82 Å². The van der Waals surface area contributed by atoms with Crippen LogP contribution >= 0.6 is 11.6 Å². The normalized spacial score (nSPS) is 15.3. The Morgan fingerprint density at radius 2 is 1.86 bits per heavy atom. The molecule has 0 bridgehead atoms. The summed E-state index contributed by atoms with van der Waals surface area (Å²) in [5.74, 6) is 0.826. The van der Waals surface area contributed by atoms with Crippen LogP contribution in [0.5, 0.6) is 0 Å². The van der Waals surface area contributed by atoms with Crippen molar-refractivity contribution in [2.45, 2.75) is 6.61 Å². The number of halogens is 1. The summed E-state index contributed by atoms with van der Waals surface area (Å²) in [6.45, 7) is 3.48. The van der Waals surface area contributed by atoms with Crippen molar-refractivity contribution in [3.8, 4) is 0 Å². The number of rotatable bonds is 3. The summed E-state index contributed by atoms with van der Waals surface area (Å²) in [5, 5.41) is 9.90. The Morgan fingerprint density at radius 1 is 1.10 bits per heavy atom. The molecule has 1 saturated heterocycles. The maximum atomic E-state index is 9.14. The predicted octanol–water partition coefficient (Wildman–Crippen LogP) is 1.95. The molecule has 0 saturated carbocycles. The highest BCUT2D eigenvalue weighted by Gasteiger charge is 2.18. The second-order valence-corrected chi connectivity index (χ2v) is 5.42. The maximum absolute atomic E-state index is 9.14. The molecule has 0 aliphatic carbocycles. The van der Waals surface area contributed by atoms with Crippen LogP contribution in [0.2, 0.25) is 5.02 Å². The fourth-order valence-corrected chi connectivity index (χ4v) is 2.67. The molecule has 2 aromatic rings. The third-order valence-corrected chi connectivity index (χ3v) is 3.85. The Kier molecular flexibility index (Phi) is 4.22. The molecule has 1 aromatic heterocycles. The number of aromatic nitrogens is 2. The van der Waals surface area contributed by atoms with E-state index in [-0.39, 0.29) is 6.61 Å². The molecule has 3 rings (SSSR count). The smallest absolute Gasteiger partial charge is 0.147 e. The van der Waals surface area contributed by atoms with E-state index < -0.39 is 0 Å². The van der Waals surface area contributed by atoms with Gasteiger partial charge in [-0.1, -0.05) is 17.7 Å². The minimum Gasteiger partial charge on any atom is -0.390 e. The largest absolute Gasteiger partial charge is 0.390 e. The zero-order chi connectivity index (χ0) is 14.7. The Hall–Kier alpha value is -1.85. The fraction of sp³-hybridized carbons (Fsp3) is 0.333. The van der Waals surface area contributed by atoms with E-state index in [2.05, 4.69) is 25.8 Å². The number of piperazine rings is 1.